The number of hydrogen-bond acceptors (Lipinski definition) is 3. The van der Waals surface area contributed by atoms with Crippen LogP contribution in [-0.2, 0) is 15.5 Å². The normalized spacial score (nSPS) is 22.7. The van der Waals surface area contributed by atoms with Crippen molar-refractivity contribution in [3.8, 4) is 5.75 Å². The van der Waals surface area contributed by atoms with Gasteiger partial charge in [0.25, 0.3) is 0 Å². The molecule has 1 aromatic rings. The summed E-state index contributed by atoms with van der Waals surface area (Å²) >= 11 is 0. The fourth-order valence-corrected chi connectivity index (χ4v) is 6.80. The highest BCUT2D eigenvalue weighted by atomic mass is 31.2. The van der Waals surface area contributed by atoms with E-state index in [0.29, 0.717) is 24.4 Å². The minimum absolute atomic E-state index is 0.0109. The monoisotopic (exact) mass is 528 g/mol. The Morgan fingerprint density at radius 1 is 0.973 bits per heavy atom. The summed E-state index contributed by atoms with van der Waals surface area (Å²) in [6, 6.07) is 4.65. The molecule has 5 atom stereocenters. The van der Waals surface area contributed by atoms with E-state index in [1.165, 1.54) is 66.4 Å². The molecule has 37 heavy (non-hydrogen) atoms. The van der Waals surface area contributed by atoms with Crippen LogP contribution in [0.2, 0.25) is 0 Å². The molecule has 3 rings (SSSR count). The number of hydrogen-bond donors (Lipinski definition) is 0. The molecule has 0 aromatic heterocycles. The predicted molar refractivity (Wildman–Crippen MR) is 160 cm³/mol. The first-order valence-electron chi connectivity index (χ1n) is 15.3. The fraction of sp³-hybridized carbons (Fsp3) is 0.697. The lowest BCUT2D eigenvalue weighted by atomic mass is 9.78. The molecule has 0 saturated carbocycles. The minimum Gasteiger partial charge on any atom is -0.426 e. The van der Waals surface area contributed by atoms with Gasteiger partial charge in [0.2, 0.25) is 0 Å². The molecule has 1 aliphatic heterocycles. The summed E-state index contributed by atoms with van der Waals surface area (Å²) in [6.45, 7) is 16.7. The van der Waals surface area contributed by atoms with Crippen molar-refractivity contribution in [3.63, 3.8) is 0 Å². The summed E-state index contributed by atoms with van der Waals surface area (Å²) in [5.41, 5.74) is 6.61. The third kappa shape index (κ3) is 8.17. The van der Waals surface area contributed by atoms with Gasteiger partial charge in [0.1, 0.15) is 5.75 Å². The SMILES string of the molecule is CCCCc1cc(C)cc2c1OP(OCC(CC)CCCC)OC1C2=CC(C(C)CC)=CC1CCCC. The molecule has 2 aliphatic rings. The molecule has 3 nitrogen and oxygen atoms in total. The molecule has 1 aromatic carbocycles. The molecule has 0 fully saturated rings. The van der Waals surface area contributed by atoms with Crippen molar-refractivity contribution in [1.29, 1.82) is 0 Å². The smallest absolute Gasteiger partial charge is 0.397 e. The molecular weight excluding hydrogens is 475 g/mol. The van der Waals surface area contributed by atoms with Crippen LogP contribution in [0.25, 0.3) is 5.57 Å². The number of unbranched alkanes of at least 4 members (excludes halogenated alkanes) is 3. The fourth-order valence-electron chi connectivity index (χ4n) is 5.49. The topological polar surface area (TPSA) is 27.7 Å². The summed E-state index contributed by atoms with van der Waals surface area (Å²) in [5, 5.41) is 0. The van der Waals surface area contributed by atoms with Crippen molar-refractivity contribution in [1.82, 2.24) is 0 Å². The van der Waals surface area contributed by atoms with Crippen LogP contribution in [0, 0.1) is 24.7 Å². The average Bonchev–Trinajstić information content (AvgIpc) is 3.06. The van der Waals surface area contributed by atoms with Gasteiger partial charge in [-0.15, -0.1) is 0 Å². The minimum atomic E-state index is -1.47. The molecule has 0 amide bonds. The number of aryl methyl sites for hydroxylation is 2. The first-order chi connectivity index (χ1) is 17.9. The number of fused-ring (bicyclic) bond motifs is 3. The van der Waals surface area contributed by atoms with Gasteiger partial charge in [-0.2, -0.15) is 0 Å². The Hall–Kier alpha value is -1.15. The average molecular weight is 529 g/mol. The molecule has 0 bridgehead atoms. The third-order valence-corrected chi connectivity index (χ3v) is 9.33. The van der Waals surface area contributed by atoms with Crippen molar-refractivity contribution in [3.05, 3.63) is 46.5 Å². The van der Waals surface area contributed by atoms with E-state index in [1.54, 1.807) is 0 Å². The van der Waals surface area contributed by atoms with E-state index in [1.807, 2.05) is 0 Å². The largest absolute Gasteiger partial charge is 0.426 e. The summed E-state index contributed by atoms with van der Waals surface area (Å²) < 4.78 is 20.2. The van der Waals surface area contributed by atoms with Gasteiger partial charge in [0.15, 0.2) is 0 Å². The van der Waals surface area contributed by atoms with Crippen LogP contribution in [0.4, 0.5) is 0 Å². The Morgan fingerprint density at radius 3 is 2.41 bits per heavy atom. The Labute approximate surface area is 229 Å². The Kier molecular flexibility index (Phi) is 12.7. The van der Waals surface area contributed by atoms with E-state index in [4.69, 9.17) is 13.6 Å². The lowest BCUT2D eigenvalue weighted by Crippen LogP contribution is -2.26. The standard InChI is InChI=1S/C33H53O3P/c1-8-13-16-26(12-5)23-34-37-35-32-27(17-14-9-2)19-24(6)20-30(32)31-22-29(25(7)11-4)21-28(18-15-10-3)33(31)36-37/h19-22,25-26,28,33H,8-18,23H2,1-7H3. The zero-order chi connectivity index (χ0) is 26.8. The van der Waals surface area contributed by atoms with Crippen LogP contribution in [-0.4, -0.2) is 12.7 Å². The van der Waals surface area contributed by atoms with Crippen LogP contribution in [0.1, 0.15) is 122 Å². The quantitative estimate of drug-likeness (QED) is 0.212. The van der Waals surface area contributed by atoms with Crippen LogP contribution >= 0.6 is 8.60 Å². The van der Waals surface area contributed by atoms with Gasteiger partial charge < -0.3 is 9.05 Å². The summed E-state index contributed by atoms with van der Waals surface area (Å²) in [6.07, 6.45) is 17.8. The van der Waals surface area contributed by atoms with Crippen molar-refractivity contribution >= 4 is 14.2 Å². The first-order valence-corrected chi connectivity index (χ1v) is 16.4. The summed E-state index contributed by atoms with van der Waals surface area (Å²) in [7, 11) is -1.47. The Balaban J connectivity index is 2.04. The van der Waals surface area contributed by atoms with Crippen molar-refractivity contribution in [2.45, 2.75) is 125 Å². The van der Waals surface area contributed by atoms with Crippen molar-refractivity contribution < 1.29 is 13.6 Å². The van der Waals surface area contributed by atoms with Gasteiger partial charge in [-0.25, -0.2) is 0 Å². The van der Waals surface area contributed by atoms with Gasteiger partial charge in [0, 0.05) is 11.5 Å². The van der Waals surface area contributed by atoms with E-state index in [9.17, 15) is 0 Å². The predicted octanol–water partition coefficient (Wildman–Crippen LogP) is 10.8. The molecule has 4 heteroatoms. The van der Waals surface area contributed by atoms with Gasteiger partial charge in [-0.1, -0.05) is 98.3 Å². The zero-order valence-electron chi connectivity index (χ0n) is 24.8. The van der Waals surface area contributed by atoms with Crippen LogP contribution in [0.5, 0.6) is 5.75 Å². The van der Waals surface area contributed by atoms with Gasteiger partial charge in [-0.05, 0) is 79.2 Å². The van der Waals surface area contributed by atoms with Crippen LogP contribution < -0.4 is 4.52 Å². The van der Waals surface area contributed by atoms with Crippen LogP contribution in [0.3, 0.4) is 0 Å². The number of rotatable bonds is 15. The second kappa shape index (κ2) is 15.4. The Bertz CT molecular complexity index is 905. The number of allylic oxidation sites excluding steroid dienone is 2. The second-order valence-corrected chi connectivity index (χ2v) is 12.4. The molecule has 208 valence electrons. The van der Waals surface area contributed by atoms with Gasteiger partial charge >= 0.3 is 8.60 Å². The highest BCUT2D eigenvalue weighted by Crippen LogP contribution is 2.55. The molecule has 0 N–H and O–H groups in total. The third-order valence-electron chi connectivity index (χ3n) is 8.24. The zero-order valence-corrected chi connectivity index (χ0v) is 25.7. The maximum Gasteiger partial charge on any atom is 0.397 e. The Morgan fingerprint density at radius 2 is 1.73 bits per heavy atom. The molecule has 0 spiro atoms. The maximum absolute atomic E-state index is 6.88. The number of benzene rings is 1. The molecule has 5 unspecified atom stereocenters. The van der Waals surface area contributed by atoms with E-state index in [-0.39, 0.29) is 6.10 Å². The molecular formula is C33H53O3P. The highest BCUT2D eigenvalue weighted by molar-refractivity contribution is 7.42. The molecule has 0 saturated heterocycles. The second-order valence-electron chi connectivity index (χ2n) is 11.3. The van der Waals surface area contributed by atoms with Crippen molar-refractivity contribution in [2.75, 3.05) is 6.61 Å². The lowest BCUT2D eigenvalue weighted by molar-refractivity contribution is 0.137. The van der Waals surface area contributed by atoms with E-state index >= 15 is 0 Å². The first kappa shape index (κ1) is 30.4. The highest BCUT2D eigenvalue weighted by Gasteiger charge is 2.39. The summed E-state index contributed by atoms with van der Waals surface area (Å²) in [4.78, 5) is 0. The van der Waals surface area contributed by atoms with E-state index in [0.717, 1.165) is 37.9 Å². The van der Waals surface area contributed by atoms with Gasteiger partial charge in [-0.3, -0.25) is 4.52 Å². The lowest BCUT2D eigenvalue weighted by Gasteiger charge is -2.32. The van der Waals surface area contributed by atoms with E-state index < -0.39 is 8.60 Å². The van der Waals surface area contributed by atoms with E-state index in [2.05, 4.69) is 72.8 Å². The van der Waals surface area contributed by atoms with Crippen LogP contribution in [0.15, 0.2) is 29.9 Å². The molecule has 0 radical (unpaired) electrons. The molecule has 1 aliphatic carbocycles. The molecule has 1 heterocycles. The summed E-state index contributed by atoms with van der Waals surface area (Å²) in [5.74, 6) is 2.47. The van der Waals surface area contributed by atoms with Gasteiger partial charge in [0.05, 0.1) is 12.7 Å². The van der Waals surface area contributed by atoms with Crippen molar-refractivity contribution in [2.24, 2.45) is 17.8 Å². The maximum atomic E-state index is 6.88.